The Hall–Kier alpha value is -0.614. The molecule has 0 fully saturated rings. The Morgan fingerprint density at radius 3 is 2.00 bits per heavy atom. The van der Waals surface area contributed by atoms with Crippen LogP contribution < -0.4 is 29.1 Å². The third kappa shape index (κ3) is 6.71. The van der Waals surface area contributed by atoms with E-state index in [1.165, 1.54) is 12.1 Å². The van der Waals surface area contributed by atoms with Gasteiger partial charge in [-0.15, -0.1) is 11.8 Å². The standard InChI is InChI=1S/C20H20FO.HI.Mg/c1-3-4-5-6-15-20(2,22)18-11-7-16(8-12-18)17-9-13-19(21)14-10-17;;/h7-14H,3-5H2,1-2H3;1H;/q-1;;+2/p-1. The molecule has 1 nitrogen and oxygen atoms in total. The molecule has 0 aliphatic carbocycles. The van der Waals surface area contributed by atoms with Crippen molar-refractivity contribution in [3.63, 3.8) is 0 Å². The molecule has 0 bridgehead atoms. The maximum Gasteiger partial charge on any atom is 2.00 e. The fourth-order valence-corrected chi connectivity index (χ4v) is 2.19. The third-order valence-electron chi connectivity index (χ3n) is 3.60. The second-order valence-electron chi connectivity index (χ2n) is 5.52. The summed E-state index contributed by atoms with van der Waals surface area (Å²) in [5.74, 6) is 5.54. The zero-order chi connectivity index (χ0) is 16.0. The Labute approximate surface area is 177 Å². The molecule has 0 heterocycles. The minimum Gasteiger partial charge on any atom is -1.00 e. The molecule has 2 aromatic rings. The molecule has 0 aromatic heterocycles. The second kappa shape index (κ2) is 11.1. The van der Waals surface area contributed by atoms with E-state index in [1.54, 1.807) is 31.2 Å². The van der Waals surface area contributed by atoms with Crippen LogP contribution in [0.2, 0.25) is 0 Å². The summed E-state index contributed by atoms with van der Waals surface area (Å²) < 4.78 is 12.9. The van der Waals surface area contributed by atoms with E-state index in [9.17, 15) is 9.50 Å². The molecule has 2 rings (SSSR count). The van der Waals surface area contributed by atoms with Gasteiger partial charge in [-0.2, -0.15) is 0 Å². The number of benzene rings is 2. The van der Waals surface area contributed by atoms with Crippen molar-refractivity contribution in [3.05, 3.63) is 59.9 Å². The molecule has 0 spiro atoms. The second-order valence-corrected chi connectivity index (χ2v) is 5.52. The molecule has 4 heteroatoms. The van der Waals surface area contributed by atoms with Crippen LogP contribution in [0.1, 0.15) is 38.7 Å². The Kier molecular flexibility index (Phi) is 10.8. The van der Waals surface area contributed by atoms with E-state index in [-0.39, 0.29) is 52.8 Å². The SMILES string of the molecule is CCCCC#CC(C)([O-])c1ccc(-c2ccc(F)cc2)cc1.[I-].[Mg+2]. The summed E-state index contributed by atoms with van der Waals surface area (Å²) in [6, 6.07) is 13.7. The van der Waals surface area contributed by atoms with Gasteiger partial charge in [0.05, 0.1) is 0 Å². The molecular weight excluding hydrogens is 426 g/mol. The van der Waals surface area contributed by atoms with Gasteiger partial charge in [-0.05, 0) is 40.8 Å². The number of halogens is 2. The van der Waals surface area contributed by atoms with Crippen LogP contribution in [0.4, 0.5) is 4.39 Å². The minimum absolute atomic E-state index is 0. The number of hydrogen-bond donors (Lipinski definition) is 0. The average molecular weight is 447 g/mol. The van der Waals surface area contributed by atoms with E-state index in [1.807, 2.05) is 12.1 Å². The van der Waals surface area contributed by atoms with E-state index < -0.39 is 5.60 Å². The van der Waals surface area contributed by atoms with E-state index in [0.29, 0.717) is 5.56 Å². The van der Waals surface area contributed by atoms with Crippen molar-refractivity contribution in [2.45, 2.75) is 38.7 Å². The third-order valence-corrected chi connectivity index (χ3v) is 3.60. The molecule has 2 aromatic carbocycles. The van der Waals surface area contributed by atoms with Crippen LogP contribution in [0.25, 0.3) is 11.1 Å². The van der Waals surface area contributed by atoms with E-state index in [2.05, 4.69) is 18.8 Å². The van der Waals surface area contributed by atoms with Gasteiger partial charge in [-0.3, -0.25) is 0 Å². The average Bonchev–Trinajstić information content (AvgIpc) is 2.52. The topological polar surface area (TPSA) is 23.1 Å². The monoisotopic (exact) mass is 446 g/mol. The fraction of sp³-hybridized carbons (Fsp3) is 0.300. The van der Waals surface area contributed by atoms with Crippen molar-refractivity contribution in [3.8, 4) is 23.0 Å². The van der Waals surface area contributed by atoms with Crippen LogP contribution in [0, 0.1) is 17.7 Å². The molecule has 122 valence electrons. The maximum absolute atomic E-state index is 12.9. The largest absolute Gasteiger partial charge is 2.00 e. The zero-order valence-electron chi connectivity index (χ0n) is 14.1. The van der Waals surface area contributed by atoms with Crippen LogP contribution in [-0.2, 0) is 5.60 Å². The van der Waals surface area contributed by atoms with Crippen LogP contribution in [-0.4, -0.2) is 23.1 Å². The summed E-state index contributed by atoms with van der Waals surface area (Å²) >= 11 is 0. The summed E-state index contributed by atoms with van der Waals surface area (Å²) in [7, 11) is 0. The van der Waals surface area contributed by atoms with Crippen molar-refractivity contribution < 1.29 is 33.5 Å². The molecule has 0 aliphatic rings. The van der Waals surface area contributed by atoms with Gasteiger partial charge in [0.2, 0.25) is 0 Å². The molecule has 0 amide bonds. The quantitative estimate of drug-likeness (QED) is 0.296. The van der Waals surface area contributed by atoms with Crippen LogP contribution in [0.5, 0.6) is 0 Å². The van der Waals surface area contributed by atoms with Gasteiger partial charge in [0.15, 0.2) is 0 Å². The van der Waals surface area contributed by atoms with Gasteiger partial charge in [0.25, 0.3) is 0 Å². The van der Waals surface area contributed by atoms with Crippen LogP contribution >= 0.6 is 0 Å². The van der Waals surface area contributed by atoms with Crippen molar-refractivity contribution in [1.29, 1.82) is 0 Å². The molecule has 24 heavy (non-hydrogen) atoms. The summed E-state index contributed by atoms with van der Waals surface area (Å²) in [4.78, 5) is 0. The Balaban J connectivity index is 0.00000264. The van der Waals surface area contributed by atoms with Gasteiger partial charge in [0.1, 0.15) is 5.82 Å². The van der Waals surface area contributed by atoms with Gasteiger partial charge in [-0.1, -0.05) is 56.7 Å². The van der Waals surface area contributed by atoms with E-state index in [0.717, 1.165) is 30.4 Å². The zero-order valence-corrected chi connectivity index (χ0v) is 17.7. The first-order chi connectivity index (χ1) is 10.5. The van der Waals surface area contributed by atoms with Crippen LogP contribution in [0.3, 0.4) is 0 Å². The van der Waals surface area contributed by atoms with Gasteiger partial charge in [-0.25, -0.2) is 4.39 Å². The number of rotatable bonds is 4. The normalized spacial score (nSPS) is 12.0. The van der Waals surface area contributed by atoms with Gasteiger partial charge >= 0.3 is 23.1 Å². The van der Waals surface area contributed by atoms with Crippen LogP contribution in [0.15, 0.2) is 48.5 Å². The van der Waals surface area contributed by atoms with Crippen molar-refractivity contribution >= 4 is 23.1 Å². The molecule has 1 unspecified atom stereocenters. The summed E-state index contributed by atoms with van der Waals surface area (Å²) in [5.41, 5.74) is 1.14. The predicted molar refractivity (Wildman–Crippen MR) is 92.2 cm³/mol. The Bertz CT molecular complexity index is 670. The molecule has 0 saturated heterocycles. The fourth-order valence-electron chi connectivity index (χ4n) is 2.19. The molecular formula is C20H20FIMgO. The number of hydrogen-bond acceptors (Lipinski definition) is 1. The van der Waals surface area contributed by atoms with Crippen molar-refractivity contribution in [2.75, 3.05) is 0 Å². The van der Waals surface area contributed by atoms with E-state index >= 15 is 0 Å². The Morgan fingerprint density at radius 1 is 1.00 bits per heavy atom. The van der Waals surface area contributed by atoms with E-state index in [4.69, 9.17) is 0 Å². The minimum atomic E-state index is -1.39. The molecule has 1 atom stereocenters. The van der Waals surface area contributed by atoms with Gasteiger partial charge < -0.3 is 29.1 Å². The molecule has 0 radical (unpaired) electrons. The first-order valence-electron chi connectivity index (χ1n) is 7.60. The Morgan fingerprint density at radius 2 is 1.50 bits per heavy atom. The smallest absolute Gasteiger partial charge is 1.00 e. The molecule has 0 saturated carbocycles. The van der Waals surface area contributed by atoms with Gasteiger partial charge in [0, 0.05) is 6.42 Å². The predicted octanol–water partition coefficient (Wildman–Crippen LogP) is 0.885. The summed E-state index contributed by atoms with van der Waals surface area (Å²) in [6.45, 7) is 3.70. The first kappa shape index (κ1) is 23.4. The number of unbranched alkanes of at least 4 members (excludes halogenated alkanes) is 2. The maximum atomic E-state index is 12.9. The first-order valence-corrected chi connectivity index (χ1v) is 7.60. The van der Waals surface area contributed by atoms with Crippen molar-refractivity contribution in [1.82, 2.24) is 0 Å². The summed E-state index contributed by atoms with van der Waals surface area (Å²) in [6.07, 6.45) is 2.87. The van der Waals surface area contributed by atoms with Crippen molar-refractivity contribution in [2.24, 2.45) is 0 Å². The summed E-state index contributed by atoms with van der Waals surface area (Å²) in [5, 5.41) is 12.5. The molecule has 0 N–H and O–H groups in total. The molecule has 0 aliphatic heterocycles.